The molecule has 0 aliphatic carbocycles. The lowest BCUT2D eigenvalue weighted by Gasteiger charge is -2.14. The molecule has 0 aliphatic heterocycles. The summed E-state index contributed by atoms with van der Waals surface area (Å²) in [5, 5.41) is 9.11. The van der Waals surface area contributed by atoms with Gasteiger partial charge in [-0.2, -0.15) is 0 Å². The highest BCUT2D eigenvalue weighted by Crippen LogP contribution is 2.18. The van der Waals surface area contributed by atoms with Gasteiger partial charge in [0.1, 0.15) is 5.75 Å². The molecular weight excluding hydrogens is 154 g/mol. The van der Waals surface area contributed by atoms with Crippen molar-refractivity contribution < 1.29 is 9.90 Å². The van der Waals surface area contributed by atoms with Crippen molar-refractivity contribution in [2.75, 3.05) is 11.9 Å². The van der Waals surface area contributed by atoms with Crippen LogP contribution < -0.4 is 4.90 Å². The summed E-state index contributed by atoms with van der Waals surface area (Å²) in [7, 11) is 1.66. The summed E-state index contributed by atoms with van der Waals surface area (Å²) in [6.45, 7) is 1.48. The van der Waals surface area contributed by atoms with Gasteiger partial charge in [-0.1, -0.05) is 6.07 Å². The highest BCUT2D eigenvalue weighted by atomic mass is 16.3. The molecule has 3 heteroatoms. The lowest BCUT2D eigenvalue weighted by atomic mass is 10.3. The zero-order valence-electron chi connectivity index (χ0n) is 7.11. The maximum Gasteiger partial charge on any atom is 0.223 e. The fourth-order valence-electron chi connectivity index (χ4n) is 0.883. The molecule has 12 heavy (non-hydrogen) atoms. The van der Waals surface area contributed by atoms with E-state index in [-0.39, 0.29) is 11.7 Å². The Kier molecular flexibility index (Phi) is 2.33. The van der Waals surface area contributed by atoms with Gasteiger partial charge in [0.2, 0.25) is 5.91 Å². The first-order valence-electron chi connectivity index (χ1n) is 3.64. The molecule has 0 fully saturated rings. The van der Waals surface area contributed by atoms with E-state index in [0.717, 1.165) is 0 Å². The Morgan fingerprint density at radius 3 is 2.67 bits per heavy atom. The van der Waals surface area contributed by atoms with Gasteiger partial charge < -0.3 is 10.0 Å². The summed E-state index contributed by atoms with van der Waals surface area (Å²) < 4.78 is 0. The number of aromatic hydroxyl groups is 1. The standard InChI is InChI=1S/C9H11NO2/c1-7(11)10(2)8-4-3-5-9(12)6-8/h3-6,12H,1-2H3. The Morgan fingerprint density at radius 2 is 2.17 bits per heavy atom. The number of phenols is 1. The maximum atomic E-state index is 10.9. The minimum Gasteiger partial charge on any atom is -0.508 e. The van der Waals surface area contributed by atoms with E-state index >= 15 is 0 Å². The minimum atomic E-state index is -0.0550. The molecule has 1 N–H and O–H groups in total. The van der Waals surface area contributed by atoms with E-state index in [1.165, 1.54) is 11.8 Å². The molecule has 3 nitrogen and oxygen atoms in total. The number of benzene rings is 1. The molecule has 0 atom stereocenters. The molecule has 0 unspecified atom stereocenters. The van der Waals surface area contributed by atoms with Crippen molar-refractivity contribution in [1.29, 1.82) is 0 Å². The number of phenolic OH excluding ortho intramolecular Hbond substituents is 1. The third kappa shape index (κ3) is 1.75. The van der Waals surface area contributed by atoms with E-state index in [1.807, 2.05) is 0 Å². The molecule has 0 bridgehead atoms. The Bertz CT molecular complexity index is 296. The molecule has 0 saturated carbocycles. The Morgan fingerprint density at radius 1 is 1.50 bits per heavy atom. The molecule has 0 saturated heterocycles. The lowest BCUT2D eigenvalue weighted by Crippen LogP contribution is -2.22. The highest BCUT2D eigenvalue weighted by Gasteiger charge is 2.04. The third-order valence-corrected chi connectivity index (χ3v) is 1.69. The number of hydrogen-bond donors (Lipinski definition) is 1. The SMILES string of the molecule is CC(=O)N(C)c1cccc(O)c1. The van der Waals surface area contributed by atoms with Crippen molar-refractivity contribution in [1.82, 2.24) is 0 Å². The average molecular weight is 165 g/mol. The van der Waals surface area contributed by atoms with Gasteiger partial charge in [0.25, 0.3) is 0 Å². The predicted octanol–water partition coefficient (Wildman–Crippen LogP) is 1.37. The van der Waals surface area contributed by atoms with Gasteiger partial charge in [-0.05, 0) is 12.1 Å². The first kappa shape index (κ1) is 8.59. The van der Waals surface area contributed by atoms with Gasteiger partial charge in [0, 0.05) is 25.7 Å². The van der Waals surface area contributed by atoms with Gasteiger partial charge in [-0.15, -0.1) is 0 Å². The quantitative estimate of drug-likeness (QED) is 0.682. The first-order valence-corrected chi connectivity index (χ1v) is 3.64. The van der Waals surface area contributed by atoms with E-state index in [4.69, 9.17) is 5.11 Å². The first-order chi connectivity index (χ1) is 5.61. The zero-order valence-corrected chi connectivity index (χ0v) is 7.11. The fraction of sp³-hybridized carbons (Fsp3) is 0.222. The lowest BCUT2D eigenvalue weighted by molar-refractivity contribution is -0.116. The molecule has 0 aromatic heterocycles. The molecule has 1 rings (SSSR count). The van der Waals surface area contributed by atoms with Gasteiger partial charge >= 0.3 is 0 Å². The number of hydrogen-bond acceptors (Lipinski definition) is 2. The van der Waals surface area contributed by atoms with Crippen LogP contribution in [0.4, 0.5) is 5.69 Å². The summed E-state index contributed by atoms with van der Waals surface area (Å²) in [6.07, 6.45) is 0. The number of carbonyl (C=O) groups is 1. The van der Waals surface area contributed by atoms with Crippen LogP contribution in [0.25, 0.3) is 0 Å². The second-order valence-corrected chi connectivity index (χ2v) is 2.60. The van der Waals surface area contributed by atoms with E-state index in [0.29, 0.717) is 5.69 Å². The number of nitrogens with zero attached hydrogens (tertiary/aromatic N) is 1. The van der Waals surface area contributed by atoms with Crippen LogP contribution in [0.15, 0.2) is 24.3 Å². The summed E-state index contributed by atoms with van der Waals surface area (Å²) in [4.78, 5) is 12.4. The number of anilines is 1. The summed E-state index contributed by atoms with van der Waals surface area (Å²) in [5.74, 6) is 0.112. The van der Waals surface area contributed by atoms with Crippen LogP contribution in [-0.2, 0) is 4.79 Å². The van der Waals surface area contributed by atoms with Crippen LogP contribution in [0.3, 0.4) is 0 Å². The molecule has 1 amide bonds. The second-order valence-electron chi connectivity index (χ2n) is 2.60. The van der Waals surface area contributed by atoms with Crippen molar-refractivity contribution in [3.63, 3.8) is 0 Å². The number of amides is 1. The largest absolute Gasteiger partial charge is 0.508 e. The summed E-state index contributed by atoms with van der Waals surface area (Å²) in [5.41, 5.74) is 0.697. The van der Waals surface area contributed by atoms with E-state index in [1.54, 1.807) is 31.3 Å². The van der Waals surface area contributed by atoms with E-state index in [2.05, 4.69) is 0 Å². The topological polar surface area (TPSA) is 40.5 Å². The molecule has 0 heterocycles. The van der Waals surface area contributed by atoms with Crippen molar-refractivity contribution >= 4 is 11.6 Å². The molecule has 64 valence electrons. The molecular formula is C9H11NO2. The molecule has 0 radical (unpaired) electrons. The maximum absolute atomic E-state index is 10.9. The summed E-state index contributed by atoms with van der Waals surface area (Å²) >= 11 is 0. The van der Waals surface area contributed by atoms with Crippen LogP contribution in [0.1, 0.15) is 6.92 Å². The monoisotopic (exact) mass is 165 g/mol. The van der Waals surface area contributed by atoms with Gasteiger partial charge in [-0.3, -0.25) is 4.79 Å². The minimum absolute atomic E-state index is 0.0550. The van der Waals surface area contributed by atoms with Crippen molar-refractivity contribution in [3.05, 3.63) is 24.3 Å². The van der Waals surface area contributed by atoms with Crippen LogP contribution in [0.5, 0.6) is 5.75 Å². The van der Waals surface area contributed by atoms with Crippen molar-refractivity contribution in [3.8, 4) is 5.75 Å². The Hall–Kier alpha value is -1.51. The second kappa shape index (κ2) is 3.26. The van der Waals surface area contributed by atoms with Crippen molar-refractivity contribution in [2.24, 2.45) is 0 Å². The van der Waals surface area contributed by atoms with E-state index < -0.39 is 0 Å². The van der Waals surface area contributed by atoms with Crippen LogP contribution >= 0.6 is 0 Å². The fourth-order valence-corrected chi connectivity index (χ4v) is 0.883. The molecule has 1 aromatic carbocycles. The molecule has 0 spiro atoms. The highest BCUT2D eigenvalue weighted by molar-refractivity contribution is 5.90. The van der Waals surface area contributed by atoms with E-state index in [9.17, 15) is 4.79 Å². The summed E-state index contributed by atoms with van der Waals surface area (Å²) in [6, 6.07) is 6.57. The van der Waals surface area contributed by atoms with Crippen LogP contribution in [0, 0.1) is 0 Å². The smallest absolute Gasteiger partial charge is 0.223 e. The van der Waals surface area contributed by atoms with Crippen LogP contribution in [-0.4, -0.2) is 18.1 Å². The van der Waals surface area contributed by atoms with Gasteiger partial charge in [0.15, 0.2) is 0 Å². The molecule has 0 aliphatic rings. The van der Waals surface area contributed by atoms with Gasteiger partial charge in [-0.25, -0.2) is 0 Å². The predicted molar refractivity (Wildman–Crippen MR) is 47.2 cm³/mol. The number of carbonyl (C=O) groups excluding carboxylic acids is 1. The Labute approximate surface area is 71.2 Å². The number of rotatable bonds is 1. The van der Waals surface area contributed by atoms with Gasteiger partial charge in [0.05, 0.1) is 0 Å². The third-order valence-electron chi connectivity index (χ3n) is 1.69. The zero-order chi connectivity index (χ0) is 9.14. The average Bonchev–Trinajstić information content (AvgIpc) is 2.03. The van der Waals surface area contributed by atoms with Crippen LogP contribution in [0.2, 0.25) is 0 Å². The Balaban J connectivity index is 2.95. The van der Waals surface area contributed by atoms with Crippen molar-refractivity contribution in [2.45, 2.75) is 6.92 Å². The molecule has 1 aromatic rings. The normalized spacial score (nSPS) is 9.50.